The van der Waals surface area contributed by atoms with Crippen molar-refractivity contribution in [2.75, 3.05) is 26.2 Å². The van der Waals surface area contributed by atoms with Crippen molar-refractivity contribution in [1.82, 2.24) is 20.2 Å². The average Bonchev–Trinajstić information content (AvgIpc) is 3.24. The highest BCUT2D eigenvalue weighted by molar-refractivity contribution is 5.94. The third-order valence-electron chi connectivity index (χ3n) is 5.81. The molecule has 5 nitrogen and oxygen atoms in total. The molecule has 0 bridgehead atoms. The Morgan fingerprint density at radius 3 is 2.62 bits per heavy atom. The molecule has 5 heteroatoms. The molecule has 3 heterocycles. The van der Waals surface area contributed by atoms with Gasteiger partial charge in [-0.25, -0.2) is 4.98 Å². The van der Waals surface area contributed by atoms with Gasteiger partial charge in [-0.3, -0.25) is 4.79 Å². The Bertz CT molecular complexity index is 696. The summed E-state index contributed by atoms with van der Waals surface area (Å²) in [6.45, 7) is 3.88. The van der Waals surface area contributed by atoms with Gasteiger partial charge in [0.25, 0.3) is 5.91 Å². The largest absolute Gasteiger partial charge is 0.348 e. The SMILES string of the molecule is O=C(c1ccc(C[C@@H]2CCCNC2)cc1)N1CCC(c2ncc[nH]2)CC1. The number of carbonyl (C=O) groups excluding carboxylic acids is 1. The Hall–Kier alpha value is -2.14. The van der Waals surface area contributed by atoms with Crippen LogP contribution >= 0.6 is 0 Å². The minimum Gasteiger partial charge on any atom is -0.348 e. The lowest BCUT2D eigenvalue weighted by molar-refractivity contribution is 0.0711. The van der Waals surface area contributed by atoms with E-state index in [2.05, 4.69) is 27.4 Å². The van der Waals surface area contributed by atoms with Crippen LogP contribution in [0.15, 0.2) is 36.7 Å². The van der Waals surface area contributed by atoms with Crippen LogP contribution in [0.1, 0.15) is 53.3 Å². The highest BCUT2D eigenvalue weighted by Crippen LogP contribution is 2.26. The van der Waals surface area contributed by atoms with E-state index in [1.54, 1.807) is 6.20 Å². The first-order valence-corrected chi connectivity index (χ1v) is 9.88. The van der Waals surface area contributed by atoms with Gasteiger partial charge >= 0.3 is 0 Å². The summed E-state index contributed by atoms with van der Waals surface area (Å²) in [5.74, 6) is 2.39. The lowest BCUT2D eigenvalue weighted by Crippen LogP contribution is -2.38. The minimum atomic E-state index is 0.161. The third-order valence-corrected chi connectivity index (χ3v) is 5.81. The van der Waals surface area contributed by atoms with Crippen LogP contribution < -0.4 is 5.32 Å². The molecule has 26 heavy (non-hydrogen) atoms. The number of aromatic nitrogens is 2. The van der Waals surface area contributed by atoms with E-state index in [-0.39, 0.29) is 5.91 Å². The van der Waals surface area contributed by atoms with Gasteiger partial charge in [0.2, 0.25) is 0 Å². The molecule has 2 aromatic rings. The van der Waals surface area contributed by atoms with E-state index in [4.69, 9.17) is 0 Å². The second-order valence-electron chi connectivity index (χ2n) is 7.65. The van der Waals surface area contributed by atoms with Gasteiger partial charge in [-0.05, 0) is 68.8 Å². The van der Waals surface area contributed by atoms with Gasteiger partial charge in [-0.15, -0.1) is 0 Å². The number of benzene rings is 1. The van der Waals surface area contributed by atoms with Crippen molar-refractivity contribution >= 4 is 5.91 Å². The number of rotatable bonds is 4. The zero-order chi connectivity index (χ0) is 17.8. The number of piperidine rings is 2. The molecule has 2 aliphatic rings. The smallest absolute Gasteiger partial charge is 0.253 e. The van der Waals surface area contributed by atoms with Gasteiger partial charge in [0.15, 0.2) is 0 Å². The van der Waals surface area contributed by atoms with Crippen molar-refractivity contribution in [3.63, 3.8) is 0 Å². The van der Waals surface area contributed by atoms with E-state index in [0.717, 1.165) is 62.7 Å². The summed E-state index contributed by atoms with van der Waals surface area (Å²) in [4.78, 5) is 22.3. The summed E-state index contributed by atoms with van der Waals surface area (Å²) in [6, 6.07) is 8.29. The summed E-state index contributed by atoms with van der Waals surface area (Å²) >= 11 is 0. The molecule has 4 rings (SSSR count). The molecule has 0 radical (unpaired) electrons. The maximum atomic E-state index is 12.8. The molecule has 2 fully saturated rings. The fourth-order valence-electron chi connectivity index (χ4n) is 4.25. The van der Waals surface area contributed by atoms with Gasteiger partial charge < -0.3 is 15.2 Å². The number of likely N-dealkylation sites (tertiary alicyclic amines) is 1. The molecular weight excluding hydrogens is 324 g/mol. The van der Waals surface area contributed by atoms with Crippen LogP contribution in [0.3, 0.4) is 0 Å². The average molecular weight is 352 g/mol. The molecule has 0 unspecified atom stereocenters. The molecule has 1 amide bonds. The molecule has 0 spiro atoms. The number of hydrogen-bond donors (Lipinski definition) is 2. The van der Waals surface area contributed by atoms with Crippen LogP contribution in [0.5, 0.6) is 0 Å². The molecular formula is C21H28N4O. The van der Waals surface area contributed by atoms with Gasteiger partial charge in [-0.1, -0.05) is 12.1 Å². The van der Waals surface area contributed by atoms with Crippen LogP contribution in [0, 0.1) is 5.92 Å². The highest BCUT2D eigenvalue weighted by atomic mass is 16.2. The fourth-order valence-corrected chi connectivity index (χ4v) is 4.25. The number of aromatic amines is 1. The van der Waals surface area contributed by atoms with Crippen molar-refractivity contribution in [3.05, 3.63) is 53.6 Å². The van der Waals surface area contributed by atoms with E-state index in [0.29, 0.717) is 5.92 Å². The molecule has 0 aliphatic carbocycles. The predicted octanol–water partition coefficient (Wildman–Crippen LogP) is 2.97. The fraction of sp³-hybridized carbons (Fsp3) is 0.524. The van der Waals surface area contributed by atoms with Crippen LogP contribution in [0.4, 0.5) is 0 Å². The molecule has 2 N–H and O–H groups in total. The maximum Gasteiger partial charge on any atom is 0.253 e. The first kappa shape index (κ1) is 17.3. The Morgan fingerprint density at radius 2 is 1.96 bits per heavy atom. The van der Waals surface area contributed by atoms with Crippen LogP contribution in [0.2, 0.25) is 0 Å². The quantitative estimate of drug-likeness (QED) is 0.889. The molecule has 1 atom stereocenters. The molecule has 138 valence electrons. The second-order valence-corrected chi connectivity index (χ2v) is 7.65. The van der Waals surface area contributed by atoms with Gasteiger partial charge in [0.1, 0.15) is 5.82 Å². The van der Waals surface area contributed by atoms with Crippen LogP contribution in [-0.2, 0) is 6.42 Å². The third kappa shape index (κ3) is 3.98. The Kier molecular flexibility index (Phi) is 5.34. The van der Waals surface area contributed by atoms with Crippen LogP contribution in [-0.4, -0.2) is 47.0 Å². The predicted molar refractivity (Wildman–Crippen MR) is 102 cm³/mol. The summed E-state index contributed by atoms with van der Waals surface area (Å²) in [6.07, 6.45) is 9.32. The summed E-state index contributed by atoms with van der Waals surface area (Å²) in [5, 5.41) is 3.47. The number of H-pyrrole nitrogens is 1. The van der Waals surface area contributed by atoms with Crippen molar-refractivity contribution in [2.45, 2.75) is 38.0 Å². The number of nitrogens with zero attached hydrogens (tertiary/aromatic N) is 2. The lowest BCUT2D eigenvalue weighted by Gasteiger charge is -2.31. The van der Waals surface area contributed by atoms with Gasteiger partial charge in [-0.2, -0.15) is 0 Å². The van der Waals surface area contributed by atoms with E-state index < -0.39 is 0 Å². The normalized spacial score (nSPS) is 21.7. The number of amides is 1. The summed E-state index contributed by atoms with van der Waals surface area (Å²) in [5.41, 5.74) is 2.15. The first-order chi connectivity index (χ1) is 12.8. The zero-order valence-electron chi connectivity index (χ0n) is 15.3. The lowest BCUT2D eigenvalue weighted by atomic mass is 9.92. The molecule has 0 saturated carbocycles. The van der Waals surface area contributed by atoms with E-state index in [1.807, 2.05) is 23.2 Å². The van der Waals surface area contributed by atoms with E-state index in [1.165, 1.54) is 18.4 Å². The van der Waals surface area contributed by atoms with Crippen molar-refractivity contribution in [1.29, 1.82) is 0 Å². The Morgan fingerprint density at radius 1 is 1.15 bits per heavy atom. The molecule has 1 aromatic heterocycles. The molecule has 2 aliphatic heterocycles. The number of hydrogen-bond acceptors (Lipinski definition) is 3. The van der Waals surface area contributed by atoms with Gasteiger partial charge in [0.05, 0.1) is 0 Å². The topological polar surface area (TPSA) is 61.0 Å². The summed E-state index contributed by atoms with van der Waals surface area (Å²) < 4.78 is 0. The van der Waals surface area contributed by atoms with Crippen molar-refractivity contribution in [2.24, 2.45) is 5.92 Å². The Balaban J connectivity index is 1.32. The molecule has 2 saturated heterocycles. The minimum absolute atomic E-state index is 0.161. The van der Waals surface area contributed by atoms with Crippen molar-refractivity contribution < 1.29 is 4.79 Å². The summed E-state index contributed by atoms with van der Waals surface area (Å²) in [7, 11) is 0. The van der Waals surface area contributed by atoms with Crippen molar-refractivity contribution in [3.8, 4) is 0 Å². The highest BCUT2D eigenvalue weighted by Gasteiger charge is 2.25. The van der Waals surface area contributed by atoms with E-state index in [9.17, 15) is 4.79 Å². The standard InChI is InChI=1S/C21H28N4O/c26-21(25-12-7-18(8-13-25)20-23-10-11-24-20)19-5-3-16(4-6-19)14-17-2-1-9-22-15-17/h3-6,10-11,17-18,22H,1-2,7-9,12-15H2,(H,23,24)/t17-/m0/s1. The zero-order valence-corrected chi connectivity index (χ0v) is 15.3. The van der Waals surface area contributed by atoms with Crippen LogP contribution in [0.25, 0.3) is 0 Å². The van der Waals surface area contributed by atoms with Gasteiger partial charge in [0, 0.05) is 37.0 Å². The first-order valence-electron chi connectivity index (χ1n) is 9.88. The maximum absolute atomic E-state index is 12.8. The number of imidazole rings is 1. The Labute approximate surface area is 155 Å². The number of carbonyl (C=O) groups is 1. The van der Waals surface area contributed by atoms with E-state index >= 15 is 0 Å². The second kappa shape index (κ2) is 8.04. The monoisotopic (exact) mass is 352 g/mol. The number of nitrogens with one attached hydrogen (secondary N) is 2. The molecule has 1 aromatic carbocycles.